The summed E-state index contributed by atoms with van der Waals surface area (Å²) in [6.07, 6.45) is 11.7. The summed E-state index contributed by atoms with van der Waals surface area (Å²) in [5.74, 6) is 1.75. The molecule has 0 spiro atoms. The lowest BCUT2D eigenvalue weighted by atomic mass is 9.89. The summed E-state index contributed by atoms with van der Waals surface area (Å²) in [5.41, 5.74) is 0. The number of esters is 1. The number of rotatable bonds is 6. The van der Waals surface area contributed by atoms with E-state index in [1.807, 2.05) is 78.9 Å². The summed E-state index contributed by atoms with van der Waals surface area (Å²) in [6, 6.07) is 27.7. The summed E-state index contributed by atoms with van der Waals surface area (Å²) in [7, 11) is 0. The van der Waals surface area contributed by atoms with Crippen LogP contribution < -0.4 is 9.47 Å². The molecule has 0 unspecified atom stereocenters. The summed E-state index contributed by atoms with van der Waals surface area (Å²) >= 11 is 0. The van der Waals surface area contributed by atoms with E-state index < -0.39 is 5.97 Å². The number of ether oxygens (including phenoxy) is 2. The fourth-order valence-corrected chi connectivity index (χ4v) is 4.53. The van der Waals surface area contributed by atoms with E-state index in [2.05, 4.69) is 18.2 Å². The van der Waals surface area contributed by atoms with Gasteiger partial charge in [-0.3, -0.25) is 0 Å². The molecule has 0 saturated heterocycles. The zero-order valence-electron chi connectivity index (χ0n) is 19.2. The molecule has 0 atom stereocenters. The van der Waals surface area contributed by atoms with Gasteiger partial charge in [-0.05, 0) is 70.6 Å². The molecule has 4 aromatic rings. The minimum atomic E-state index is -0.459. The second-order valence-electron chi connectivity index (χ2n) is 8.84. The molecule has 170 valence electrons. The number of hydrogen-bond acceptors (Lipinski definition) is 3. The number of fused-ring (bicyclic) bond motifs is 2. The predicted octanol–water partition coefficient (Wildman–Crippen LogP) is 8.00. The highest BCUT2D eigenvalue weighted by Gasteiger charge is 2.12. The minimum absolute atomic E-state index is 0.459. The van der Waals surface area contributed by atoms with Crippen molar-refractivity contribution in [3.63, 3.8) is 0 Å². The first-order valence-corrected chi connectivity index (χ1v) is 12.0. The Morgan fingerprint density at radius 3 is 1.85 bits per heavy atom. The maximum absolute atomic E-state index is 12.8. The van der Waals surface area contributed by atoms with E-state index >= 15 is 0 Å². The molecule has 0 heterocycles. The molecule has 0 N–H and O–H groups in total. The summed E-state index contributed by atoms with van der Waals surface area (Å²) < 4.78 is 11.8. The molecule has 0 aliphatic heterocycles. The van der Waals surface area contributed by atoms with Crippen LogP contribution in [0.25, 0.3) is 21.5 Å². The quantitative estimate of drug-likeness (QED) is 0.0985. The van der Waals surface area contributed by atoms with Crippen molar-refractivity contribution in [2.75, 3.05) is 0 Å². The van der Waals surface area contributed by atoms with E-state index in [0.717, 1.165) is 21.5 Å². The Bertz CT molecular complexity index is 1360. The third kappa shape index (κ3) is 5.55. The third-order valence-electron chi connectivity index (χ3n) is 6.34. The van der Waals surface area contributed by atoms with Gasteiger partial charge in [-0.25, -0.2) is 4.79 Å². The van der Waals surface area contributed by atoms with Crippen molar-refractivity contribution in [2.24, 2.45) is 5.92 Å². The Balaban J connectivity index is 1.38. The van der Waals surface area contributed by atoms with Gasteiger partial charge >= 0.3 is 5.97 Å². The van der Waals surface area contributed by atoms with Crippen LogP contribution in [0.2, 0.25) is 0 Å². The molecule has 34 heavy (non-hydrogen) atoms. The number of carbonyl (C=O) groups excluding carboxylic acids is 1. The van der Waals surface area contributed by atoms with Crippen LogP contribution in [0.1, 0.15) is 32.1 Å². The molecule has 3 heteroatoms. The van der Waals surface area contributed by atoms with Crippen LogP contribution in [0, 0.1) is 5.92 Å². The smallest absolute Gasteiger partial charge is 0.339 e. The molecular weight excluding hydrogens is 420 g/mol. The lowest BCUT2D eigenvalue weighted by molar-refractivity contribution is -0.129. The minimum Gasteiger partial charge on any atom is -0.457 e. The molecule has 5 rings (SSSR count). The molecular formula is C31H28O3. The van der Waals surface area contributed by atoms with Gasteiger partial charge in [-0.2, -0.15) is 0 Å². The molecule has 1 aliphatic rings. The Kier molecular flexibility index (Phi) is 6.71. The molecule has 3 nitrogen and oxygen atoms in total. The second-order valence-corrected chi connectivity index (χ2v) is 8.84. The van der Waals surface area contributed by atoms with Crippen molar-refractivity contribution < 1.29 is 14.3 Å². The molecule has 0 bridgehead atoms. The van der Waals surface area contributed by atoms with Gasteiger partial charge in [0.1, 0.15) is 17.3 Å². The van der Waals surface area contributed by atoms with Crippen molar-refractivity contribution in [3.8, 4) is 11.5 Å². The Labute approximate surface area is 200 Å². The third-order valence-corrected chi connectivity index (χ3v) is 6.34. The van der Waals surface area contributed by atoms with Crippen LogP contribution in [0.5, 0.6) is 11.5 Å². The Morgan fingerprint density at radius 1 is 0.676 bits per heavy atom. The average molecular weight is 449 g/mol. The molecule has 0 radical (unpaired) electrons. The van der Waals surface area contributed by atoms with Gasteiger partial charge in [-0.15, -0.1) is 0 Å². The standard InChI is InChI=1S/C31H28O3/c32-31(34-29-19-16-25-11-5-7-13-27(25)21-29)22-30(17-14-23-8-2-1-3-9-23)33-28-18-15-24-10-4-6-12-26(24)20-28/h4-7,10-23H,1-3,8-9H2/b17-14+,30-22+. The Morgan fingerprint density at radius 2 is 1.24 bits per heavy atom. The predicted molar refractivity (Wildman–Crippen MR) is 138 cm³/mol. The van der Waals surface area contributed by atoms with Crippen LogP contribution in [-0.2, 0) is 4.79 Å². The van der Waals surface area contributed by atoms with Gasteiger partial charge in [0.15, 0.2) is 0 Å². The zero-order chi connectivity index (χ0) is 23.2. The largest absolute Gasteiger partial charge is 0.457 e. The maximum Gasteiger partial charge on any atom is 0.339 e. The van der Waals surface area contributed by atoms with E-state index in [4.69, 9.17) is 9.47 Å². The average Bonchev–Trinajstić information content (AvgIpc) is 2.88. The molecule has 4 aromatic carbocycles. The van der Waals surface area contributed by atoms with Crippen molar-refractivity contribution >= 4 is 27.5 Å². The van der Waals surface area contributed by atoms with Gasteiger partial charge in [0.25, 0.3) is 0 Å². The van der Waals surface area contributed by atoms with Crippen molar-refractivity contribution in [1.82, 2.24) is 0 Å². The first kappa shape index (κ1) is 22.0. The Hall–Kier alpha value is -3.85. The molecule has 1 aliphatic carbocycles. The van der Waals surface area contributed by atoms with Crippen molar-refractivity contribution in [3.05, 3.63) is 109 Å². The van der Waals surface area contributed by atoms with E-state index in [1.165, 1.54) is 38.2 Å². The molecule has 1 fully saturated rings. The van der Waals surface area contributed by atoms with Crippen molar-refractivity contribution in [2.45, 2.75) is 32.1 Å². The number of allylic oxidation sites excluding steroid dienone is 2. The van der Waals surface area contributed by atoms with Crippen LogP contribution in [0.4, 0.5) is 0 Å². The molecule has 0 amide bonds. The number of benzene rings is 4. The summed E-state index contributed by atoms with van der Waals surface area (Å²) in [5, 5.41) is 4.37. The molecule has 0 aromatic heterocycles. The van der Waals surface area contributed by atoms with Gasteiger partial charge in [0.05, 0.1) is 6.08 Å². The summed E-state index contributed by atoms with van der Waals surface area (Å²) in [4.78, 5) is 12.8. The first-order chi connectivity index (χ1) is 16.7. The van der Waals surface area contributed by atoms with E-state index in [1.54, 1.807) is 0 Å². The monoisotopic (exact) mass is 448 g/mol. The van der Waals surface area contributed by atoms with Gasteiger partial charge in [0, 0.05) is 0 Å². The van der Waals surface area contributed by atoms with E-state index in [0.29, 0.717) is 23.2 Å². The zero-order valence-corrected chi connectivity index (χ0v) is 19.2. The van der Waals surface area contributed by atoms with Crippen LogP contribution >= 0.6 is 0 Å². The van der Waals surface area contributed by atoms with Crippen LogP contribution in [0.15, 0.2) is 109 Å². The lowest BCUT2D eigenvalue weighted by Crippen LogP contribution is -2.08. The van der Waals surface area contributed by atoms with Gasteiger partial charge in [-0.1, -0.05) is 86.0 Å². The second kappa shape index (κ2) is 10.4. The number of carbonyl (C=O) groups is 1. The van der Waals surface area contributed by atoms with E-state index in [9.17, 15) is 4.79 Å². The SMILES string of the molecule is O=C(/C=C(\C=C\C1CCCCC1)Oc1ccc2ccccc2c1)Oc1ccc2ccccc2c1. The maximum atomic E-state index is 12.8. The van der Waals surface area contributed by atoms with Gasteiger partial charge in [0.2, 0.25) is 0 Å². The fraction of sp³-hybridized carbons (Fsp3) is 0.194. The highest BCUT2D eigenvalue weighted by Crippen LogP contribution is 2.27. The highest BCUT2D eigenvalue weighted by atomic mass is 16.5. The topological polar surface area (TPSA) is 35.5 Å². The van der Waals surface area contributed by atoms with E-state index in [-0.39, 0.29) is 0 Å². The number of hydrogen-bond donors (Lipinski definition) is 0. The summed E-state index contributed by atoms with van der Waals surface area (Å²) in [6.45, 7) is 0. The first-order valence-electron chi connectivity index (χ1n) is 12.0. The fourth-order valence-electron chi connectivity index (χ4n) is 4.53. The van der Waals surface area contributed by atoms with Gasteiger partial charge < -0.3 is 9.47 Å². The van der Waals surface area contributed by atoms with Crippen molar-refractivity contribution in [1.29, 1.82) is 0 Å². The van der Waals surface area contributed by atoms with Crippen LogP contribution in [-0.4, -0.2) is 5.97 Å². The lowest BCUT2D eigenvalue weighted by Gasteiger charge is -2.18. The highest BCUT2D eigenvalue weighted by molar-refractivity contribution is 5.88. The van der Waals surface area contributed by atoms with Crippen LogP contribution in [0.3, 0.4) is 0 Å². The normalized spacial score (nSPS) is 15.1. The molecule has 1 saturated carbocycles.